The lowest BCUT2D eigenvalue weighted by molar-refractivity contribution is 0.977. The maximum atomic E-state index is 6.15. The molecule has 6 nitrogen and oxygen atoms in total. The summed E-state index contributed by atoms with van der Waals surface area (Å²) < 4.78 is 1.75. The van der Waals surface area contributed by atoms with E-state index < -0.39 is 0 Å². The summed E-state index contributed by atoms with van der Waals surface area (Å²) in [6.07, 6.45) is 6.60. The van der Waals surface area contributed by atoms with E-state index in [-0.39, 0.29) is 0 Å². The van der Waals surface area contributed by atoms with Crippen LogP contribution in [0.1, 0.15) is 11.1 Å². The van der Waals surface area contributed by atoms with Crippen LogP contribution in [-0.4, -0.2) is 19.5 Å². The van der Waals surface area contributed by atoms with Crippen LogP contribution in [0.3, 0.4) is 0 Å². The van der Waals surface area contributed by atoms with Gasteiger partial charge in [-0.2, -0.15) is 0 Å². The van der Waals surface area contributed by atoms with Crippen molar-refractivity contribution in [1.29, 1.82) is 0 Å². The van der Waals surface area contributed by atoms with Gasteiger partial charge in [0.2, 0.25) is 0 Å². The Labute approximate surface area is 122 Å². The second-order valence-corrected chi connectivity index (χ2v) is 4.85. The molecule has 0 saturated heterocycles. The quantitative estimate of drug-likeness (QED) is 0.770. The largest absolute Gasteiger partial charge is 0.393 e. The number of nitrogens with two attached hydrogens (primary N) is 1. The minimum atomic E-state index is 0.480. The minimum absolute atomic E-state index is 0.480. The molecule has 0 aliphatic heterocycles. The van der Waals surface area contributed by atoms with E-state index in [1.807, 2.05) is 6.07 Å². The van der Waals surface area contributed by atoms with E-state index >= 15 is 0 Å². The van der Waals surface area contributed by atoms with E-state index in [0.29, 0.717) is 17.3 Å². The molecule has 0 fully saturated rings. The lowest BCUT2D eigenvalue weighted by Crippen LogP contribution is -2.06. The van der Waals surface area contributed by atoms with E-state index in [4.69, 9.17) is 5.73 Å². The Kier molecular flexibility index (Phi) is 3.27. The molecule has 0 unspecified atom stereocenters. The zero-order chi connectivity index (χ0) is 14.8. The fourth-order valence-corrected chi connectivity index (χ4v) is 2.03. The Morgan fingerprint density at radius 2 is 2.00 bits per heavy atom. The third kappa shape index (κ3) is 2.55. The summed E-state index contributed by atoms with van der Waals surface area (Å²) in [4.78, 5) is 12.4. The molecule has 0 aliphatic carbocycles. The zero-order valence-corrected chi connectivity index (χ0v) is 11.9. The molecule has 106 valence electrons. The van der Waals surface area contributed by atoms with Crippen molar-refractivity contribution in [2.45, 2.75) is 13.8 Å². The van der Waals surface area contributed by atoms with Crippen LogP contribution in [0.25, 0.3) is 5.82 Å². The molecular weight excluding hydrogens is 264 g/mol. The van der Waals surface area contributed by atoms with Gasteiger partial charge in [0.05, 0.1) is 0 Å². The first-order chi connectivity index (χ1) is 10.1. The minimum Gasteiger partial charge on any atom is -0.393 e. The number of nitrogens with zero attached hydrogens (tertiary/aromatic N) is 4. The molecule has 6 heteroatoms. The Morgan fingerprint density at radius 3 is 2.71 bits per heavy atom. The van der Waals surface area contributed by atoms with Gasteiger partial charge in [0.1, 0.15) is 18.3 Å². The molecule has 3 aromatic rings. The Morgan fingerprint density at radius 1 is 1.14 bits per heavy atom. The average molecular weight is 280 g/mol. The molecule has 2 aromatic heterocycles. The first kappa shape index (κ1) is 13.1. The monoisotopic (exact) mass is 280 g/mol. The van der Waals surface area contributed by atoms with Crippen LogP contribution >= 0.6 is 0 Å². The summed E-state index contributed by atoms with van der Waals surface area (Å²) in [6, 6.07) is 6.13. The molecule has 0 radical (unpaired) electrons. The summed E-state index contributed by atoms with van der Waals surface area (Å²) in [5.41, 5.74) is 10.0. The number of hydrogen-bond acceptors (Lipinski definition) is 5. The van der Waals surface area contributed by atoms with Gasteiger partial charge in [-0.1, -0.05) is 6.07 Å². The van der Waals surface area contributed by atoms with Crippen LogP contribution in [0.2, 0.25) is 0 Å². The third-order valence-corrected chi connectivity index (χ3v) is 3.38. The van der Waals surface area contributed by atoms with Gasteiger partial charge in [0.15, 0.2) is 11.6 Å². The van der Waals surface area contributed by atoms with Crippen molar-refractivity contribution in [3.63, 3.8) is 0 Å². The molecular formula is C15H16N6. The van der Waals surface area contributed by atoms with Gasteiger partial charge in [-0.15, -0.1) is 0 Å². The lowest BCUT2D eigenvalue weighted by atomic mass is 10.1. The molecule has 0 amide bonds. The number of hydrogen-bond donors (Lipinski definition) is 2. The SMILES string of the molecule is Cc1ccc(Nc2ncnc(-n3ccnc3)c2N)cc1C. The third-order valence-electron chi connectivity index (χ3n) is 3.38. The van der Waals surface area contributed by atoms with Crippen LogP contribution in [0.4, 0.5) is 17.2 Å². The second-order valence-electron chi connectivity index (χ2n) is 4.85. The van der Waals surface area contributed by atoms with Crippen LogP contribution in [-0.2, 0) is 0 Å². The van der Waals surface area contributed by atoms with Crippen molar-refractivity contribution < 1.29 is 0 Å². The number of imidazole rings is 1. The molecule has 3 rings (SSSR count). The van der Waals surface area contributed by atoms with E-state index in [1.54, 1.807) is 23.3 Å². The van der Waals surface area contributed by atoms with Crippen LogP contribution in [0, 0.1) is 13.8 Å². The summed E-state index contributed by atoms with van der Waals surface area (Å²) in [6.45, 7) is 4.15. The van der Waals surface area contributed by atoms with Crippen LogP contribution < -0.4 is 11.1 Å². The number of benzene rings is 1. The van der Waals surface area contributed by atoms with Gasteiger partial charge < -0.3 is 11.1 Å². The van der Waals surface area contributed by atoms with E-state index in [2.05, 4.69) is 46.2 Å². The van der Waals surface area contributed by atoms with E-state index in [0.717, 1.165) is 5.69 Å². The standard InChI is InChI=1S/C15H16N6/c1-10-3-4-12(7-11(10)2)20-14-13(16)15(19-8-18-14)21-6-5-17-9-21/h3-9H,16H2,1-2H3,(H,18,19,20). The number of aromatic nitrogens is 4. The van der Waals surface area contributed by atoms with Crippen LogP contribution in [0.15, 0.2) is 43.2 Å². The molecule has 0 aliphatic rings. The van der Waals surface area contributed by atoms with E-state index in [9.17, 15) is 0 Å². The highest BCUT2D eigenvalue weighted by atomic mass is 15.1. The Hall–Kier alpha value is -2.89. The molecule has 2 heterocycles. The molecule has 1 aromatic carbocycles. The normalized spacial score (nSPS) is 10.6. The Bertz CT molecular complexity index is 764. The fourth-order valence-electron chi connectivity index (χ4n) is 2.03. The first-order valence-corrected chi connectivity index (χ1v) is 6.58. The molecule has 0 bridgehead atoms. The number of rotatable bonds is 3. The topological polar surface area (TPSA) is 81.7 Å². The summed E-state index contributed by atoms with van der Waals surface area (Å²) in [5, 5.41) is 3.23. The number of aryl methyl sites for hydroxylation is 2. The van der Waals surface area contributed by atoms with Gasteiger partial charge >= 0.3 is 0 Å². The molecule has 0 saturated carbocycles. The van der Waals surface area contributed by atoms with Gasteiger partial charge in [-0.3, -0.25) is 4.57 Å². The molecule has 0 atom stereocenters. The van der Waals surface area contributed by atoms with Crippen molar-refractivity contribution in [1.82, 2.24) is 19.5 Å². The van der Waals surface area contributed by atoms with Crippen molar-refractivity contribution in [2.24, 2.45) is 0 Å². The summed E-state index contributed by atoms with van der Waals surface area (Å²) in [7, 11) is 0. The predicted molar refractivity (Wildman–Crippen MR) is 82.8 cm³/mol. The van der Waals surface area contributed by atoms with Crippen molar-refractivity contribution in [2.75, 3.05) is 11.1 Å². The second kappa shape index (κ2) is 5.24. The zero-order valence-electron chi connectivity index (χ0n) is 11.9. The Balaban J connectivity index is 1.96. The van der Waals surface area contributed by atoms with Gasteiger partial charge in [-0.05, 0) is 37.1 Å². The summed E-state index contributed by atoms with van der Waals surface area (Å²) in [5.74, 6) is 1.19. The molecule has 3 N–H and O–H groups in total. The molecule has 21 heavy (non-hydrogen) atoms. The van der Waals surface area contributed by atoms with Crippen molar-refractivity contribution in [3.05, 3.63) is 54.4 Å². The molecule has 0 spiro atoms. The highest BCUT2D eigenvalue weighted by Crippen LogP contribution is 2.25. The van der Waals surface area contributed by atoms with Crippen molar-refractivity contribution in [3.8, 4) is 5.82 Å². The van der Waals surface area contributed by atoms with Gasteiger partial charge in [0, 0.05) is 18.1 Å². The first-order valence-electron chi connectivity index (χ1n) is 6.58. The maximum absolute atomic E-state index is 6.15. The number of anilines is 3. The smallest absolute Gasteiger partial charge is 0.166 e. The lowest BCUT2D eigenvalue weighted by Gasteiger charge is -2.12. The number of nitrogens with one attached hydrogen (secondary N) is 1. The van der Waals surface area contributed by atoms with Gasteiger partial charge in [-0.25, -0.2) is 15.0 Å². The van der Waals surface area contributed by atoms with Crippen molar-refractivity contribution >= 4 is 17.2 Å². The average Bonchev–Trinajstić information content (AvgIpc) is 2.99. The highest BCUT2D eigenvalue weighted by molar-refractivity contribution is 5.74. The maximum Gasteiger partial charge on any atom is 0.166 e. The van der Waals surface area contributed by atoms with Crippen LogP contribution in [0.5, 0.6) is 0 Å². The van der Waals surface area contributed by atoms with Gasteiger partial charge in [0.25, 0.3) is 0 Å². The number of nitrogen functional groups attached to an aromatic ring is 1. The summed E-state index contributed by atoms with van der Waals surface area (Å²) >= 11 is 0. The van der Waals surface area contributed by atoms with E-state index in [1.165, 1.54) is 17.5 Å². The highest BCUT2D eigenvalue weighted by Gasteiger charge is 2.10. The predicted octanol–water partition coefficient (Wildman–Crippen LogP) is 2.60. The fraction of sp³-hybridized carbons (Fsp3) is 0.133.